The summed E-state index contributed by atoms with van der Waals surface area (Å²) >= 11 is 1.39. The summed E-state index contributed by atoms with van der Waals surface area (Å²) in [5.41, 5.74) is -0.571. The summed E-state index contributed by atoms with van der Waals surface area (Å²) in [6, 6.07) is 12.1. The van der Waals surface area contributed by atoms with E-state index in [4.69, 9.17) is 4.42 Å². The standard InChI is InChI=1S/C16H17NO4S/c1-16(15(19)20,11-6-4-3-5-7-11)10-17-14(18)12-8-9-13(21-12)22-2/h3-9H,10H2,1-2H3,(H,17,18)(H,19,20). The summed E-state index contributed by atoms with van der Waals surface area (Å²) in [7, 11) is 0. The van der Waals surface area contributed by atoms with Crippen molar-refractivity contribution in [3.05, 3.63) is 53.8 Å². The van der Waals surface area contributed by atoms with Crippen LogP contribution in [0.25, 0.3) is 0 Å². The Morgan fingerprint density at radius 2 is 1.91 bits per heavy atom. The van der Waals surface area contributed by atoms with Crippen LogP contribution in [-0.4, -0.2) is 29.8 Å². The Morgan fingerprint density at radius 3 is 2.45 bits per heavy atom. The van der Waals surface area contributed by atoms with Gasteiger partial charge >= 0.3 is 5.97 Å². The normalized spacial score (nSPS) is 13.4. The Bertz CT molecular complexity index is 668. The maximum absolute atomic E-state index is 12.1. The molecule has 0 aliphatic rings. The van der Waals surface area contributed by atoms with Crippen LogP contribution < -0.4 is 5.32 Å². The minimum atomic E-state index is -1.20. The third kappa shape index (κ3) is 3.33. The van der Waals surface area contributed by atoms with Gasteiger partial charge in [0.2, 0.25) is 0 Å². The lowest BCUT2D eigenvalue weighted by Gasteiger charge is -2.25. The number of thioether (sulfide) groups is 1. The van der Waals surface area contributed by atoms with E-state index >= 15 is 0 Å². The molecule has 22 heavy (non-hydrogen) atoms. The van der Waals surface area contributed by atoms with Crippen molar-refractivity contribution in [3.8, 4) is 0 Å². The smallest absolute Gasteiger partial charge is 0.315 e. The maximum Gasteiger partial charge on any atom is 0.315 e. The van der Waals surface area contributed by atoms with Crippen LogP contribution in [0.15, 0.2) is 52.0 Å². The third-order valence-corrected chi connectivity index (χ3v) is 4.11. The highest BCUT2D eigenvalue weighted by Crippen LogP contribution is 2.24. The summed E-state index contributed by atoms with van der Waals surface area (Å²) < 4.78 is 5.33. The summed E-state index contributed by atoms with van der Waals surface area (Å²) in [6.45, 7) is 1.56. The number of rotatable bonds is 6. The molecule has 6 heteroatoms. The van der Waals surface area contributed by atoms with Gasteiger partial charge in [-0.3, -0.25) is 9.59 Å². The van der Waals surface area contributed by atoms with Crippen molar-refractivity contribution in [2.24, 2.45) is 0 Å². The fraction of sp³-hybridized carbons (Fsp3) is 0.250. The van der Waals surface area contributed by atoms with E-state index in [1.807, 2.05) is 12.3 Å². The van der Waals surface area contributed by atoms with Gasteiger partial charge in [-0.2, -0.15) is 0 Å². The Morgan fingerprint density at radius 1 is 1.23 bits per heavy atom. The van der Waals surface area contributed by atoms with Gasteiger partial charge in [0.15, 0.2) is 10.9 Å². The van der Waals surface area contributed by atoms with E-state index in [-0.39, 0.29) is 12.3 Å². The van der Waals surface area contributed by atoms with Gasteiger partial charge in [-0.25, -0.2) is 0 Å². The molecule has 116 valence electrons. The van der Waals surface area contributed by atoms with Gasteiger partial charge in [0.05, 0.1) is 0 Å². The predicted octanol–water partition coefficient (Wildman–Crippen LogP) is 2.77. The molecular weight excluding hydrogens is 302 g/mol. The number of hydrogen-bond donors (Lipinski definition) is 2. The highest BCUT2D eigenvalue weighted by molar-refractivity contribution is 7.98. The first-order chi connectivity index (χ1) is 10.5. The summed E-state index contributed by atoms with van der Waals surface area (Å²) in [6.07, 6.45) is 1.84. The molecule has 2 rings (SSSR count). The van der Waals surface area contributed by atoms with Crippen molar-refractivity contribution < 1.29 is 19.1 Å². The van der Waals surface area contributed by atoms with Crippen LogP contribution in [0.4, 0.5) is 0 Å². The molecule has 2 N–H and O–H groups in total. The topological polar surface area (TPSA) is 79.5 Å². The minimum absolute atomic E-state index is 0.0273. The number of hydrogen-bond acceptors (Lipinski definition) is 4. The number of carboxylic acids is 1. The zero-order chi connectivity index (χ0) is 16.2. The molecule has 1 atom stereocenters. The van der Waals surface area contributed by atoms with Crippen molar-refractivity contribution >= 4 is 23.6 Å². The molecule has 0 fully saturated rings. The van der Waals surface area contributed by atoms with Gasteiger partial charge in [-0.05, 0) is 30.9 Å². The van der Waals surface area contributed by atoms with E-state index in [1.165, 1.54) is 11.8 Å². The van der Waals surface area contributed by atoms with Crippen LogP contribution in [-0.2, 0) is 10.2 Å². The van der Waals surface area contributed by atoms with Crippen molar-refractivity contribution in [2.45, 2.75) is 17.4 Å². The van der Waals surface area contributed by atoms with Crippen LogP contribution in [0.5, 0.6) is 0 Å². The van der Waals surface area contributed by atoms with E-state index in [1.54, 1.807) is 43.3 Å². The quantitative estimate of drug-likeness (QED) is 0.800. The Balaban J connectivity index is 2.12. The van der Waals surface area contributed by atoms with Crippen LogP contribution in [0.2, 0.25) is 0 Å². The zero-order valence-corrected chi connectivity index (χ0v) is 13.1. The molecule has 1 amide bonds. The SMILES string of the molecule is CSc1ccc(C(=O)NCC(C)(C(=O)O)c2ccccc2)o1. The van der Waals surface area contributed by atoms with E-state index in [9.17, 15) is 14.7 Å². The van der Waals surface area contributed by atoms with E-state index in [0.717, 1.165) is 0 Å². The van der Waals surface area contributed by atoms with Crippen molar-refractivity contribution in [1.29, 1.82) is 0 Å². The maximum atomic E-state index is 12.1. The van der Waals surface area contributed by atoms with Crippen LogP contribution >= 0.6 is 11.8 Å². The second kappa shape index (κ2) is 6.70. The van der Waals surface area contributed by atoms with Gasteiger partial charge < -0.3 is 14.8 Å². The lowest BCUT2D eigenvalue weighted by atomic mass is 9.82. The first kappa shape index (κ1) is 16.2. The molecule has 1 heterocycles. The van der Waals surface area contributed by atoms with Gasteiger partial charge in [0.25, 0.3) is 5.91 Å². The molecule has 1 aromatic heterocycles. The molecule has 0 aliphatic carbocycles. The number of benzene rings is 1. The molecule has 0 aliphatic heterocycles. The summed E-state index contributed by atoms with van der Waals surface area (Å²) in [4.78, 5) is 23.7. The number of amides is 1. The average Bonchev–Trinajstić information content (AvgIpc) is 3.02. The first-order valence-electron chi connectivity index (χ1n) is 6.68. The van der Waals surface area contributed by atoms with Crippen LogP contribution in [0.1, 0.15) is 23.0 Å². The van der Waals surface area contributed by atoms with Crippen molar-refractivity contribution in [3.63, 3.8) is 0 Å². The van der Waals surface area contributed by atoms with Crippen molar-refractivity contribution in [1.82, 2.24) is 5.32 Å². The lowest BCUT2D eigenvalue weighted by molar-refractivity contribution is -0.142. The number of aliphatic carboxylic acids is 1. The van der Waals surface area contributed by atoms with Crippen molar-refractivity contribution in [2.75, 3.05) is 12.8 Å². The number of nitrogens with one attached hydrogen (secondary N) is 1. The van der Waals surface area contributed by atoms with Gasteiger partial charge in [-0.1, -0.05) is 42.1 Å². The number of carboxylic acid groups (broad SMARTS) is 1. The monoisotopic (exact) mass is 319 g/mol. The Kier molecular flexibility index (Phi) is 4.92. The highest BCUT2D eigenvalue weighted by Gasteiger charge is 2.35. The van der Waals surface area contributed by atoms with E-state index in [0.29, 0.717) is 10.7 Å². The second-order valence-electron chi connectivity index (χ2n) is 5.01. The molecule has 0 saturated carbocycles. The molecule has 1 aromatic carbocycles. The summed E-state index contributed by atoms with van der Waals surface area (Å²) in [5.74, 6) is -1.25. The van der Waals surface area contributed by atoms with Crippen LogP contribution in [0, 0.1) is 0 Å². The molecule has 0 saturated heterocycles. The zero-order valence-electron chi connectivity index (χ0n) is 12.3. The molecule has 0 radical (unpaired) electrons. The Hall–Kier alpha value is -2.21. The largest absolute Gasteiger partial charge is 0.481 e. The fourth-order valence-electron chi connectivity index (χ4n) is 2.00. The number of furan rings is 1. The lowest BCUT2D eigenvalue weighted by Crippen LogP contribution is -2.44. The molecule has 5 nitrogen and oxygen atoms in total. The highest BCUT2D eigenvalue weighted by atomic mass is 32.2. The number of carbonyl (C=O) groups excluding carboxylic acids is 1. The molecule has 0 bridgehead atoms. The second-order valence-corrected chi connectivity index (χ2v) is 5.82. The predicted molar refractivity (Wildman–Crippen MR) is 84.3 cm³/mol. The third-order valence-electron chi connectivity index (χ3n) is 3.49. The number of carbonyl (C=O) groups is 2. The van der Waals surface area contributed by atoms with Gasteiger partial charge in [0, 0.05) is 6.54 Å². The Labute approximate surface area is 132 Å². The average molecular weight is 319 g/mol. The first-order valence-corrected chi connectivity index (χ1v) is 7.91. The van der Waals surface area contributed by atoms with Gasteiger partial charge in [-0.15, -0.1) is 0 Å². The fourth-order valence-corrected chi connectivity index (χ4v) is 2.38. The molecule has 1 unspecified atom stereocenters. The molecule has 2 aromatic rings. The minimum Gasteiger partial charge on any atom is -0.481 e. The van der Waals surface area contributed by atoms with Crippen LogP contribution in [0.3, 0.4) is 0 Å². The van der Waals surface area contributed by atoms with E-state index in [2.05, 4.69) is 5.32 Å². The molecular formula is C16H17NO4S. The summed E-state index contributed by atoms with van der Waals surface area (Å²) in [5, 5.41) is 12.8. The molecule has 0 spiro atoms. The van der Waals surface area contributed by atoms with E-state index < -0.39 is 17.3 Å². The van der Waals surface area contributed by atoms with Gasteiger partial charge in [0.1, 0.15) is 5.41 Å².